The van der Waals surface area contributed by atoms with E-state index in [-0.39, 0.29) is 33.8 Å². The van der Waals surface area contributed by atoms with E-state index in [1.54, 1.807) is 0 Å². The summed E-state index contributed by atoms with van der Waals surface area (Å²) in [5, 5.41) is 1.35. The van der Waals surface area contributed by atoms with Gasteiger partial charge in [0.2, 0.25) is 0 Å². The fourth-order valence-corrected chi connectivity index (χ4v) is 11.9. The molecule has 3 aliphatic rings. The Kier molecular flexibility index (Phi) is 8.76. The highest BCUT2D eigenvalue weighted by molar-refractivity contribution is 7.33. The maximum Gasteiger partial charge on any atom is 0.264 e. The van der Waals surface area contributed by atoms with Gasteiger partial charge in [-0.1, -0.05) is 132 Å². The van der Waals surface area contributed by atoms with Crippen LogP contribution in [0.4, 0.5) is 34.1 Å². The van der Waals surface area contributed by atoms with Crippen LogP contribution in [0.1, 0.15) is 147 Å². The highest BCUT2D eigenvalue weighted by atomic mass is 32.1. The third-order valence-electron chi connectivity index (χ3n) is 14.2. The van der Waals surface area contributed by atoms with Crippen LogP contribution in [0.3, 0.4) is 0 Å². The molecular weight excluding hydrogens is 731 g/mol. The Morgan fingerprint density at radius 3 is 1.63 bits per heavy atom. The summed E-state index contributed by atoms with van der Waals surface area (Å²) in [7, 11) is 0. The average Bonchev–Trinajstić information content (AvgIpc) is 3.51. The van der Waals surface area contributed by atoms with Gasteiger partial charge in [0, 0.05) is 37.6 Å². The van der Waals surface area contributed by atoms with Crippen molar-refractivity contribution in [1.29, 1.82) is 0 Å². The van der Waals surface area contributed by atoms with Gasteiger partial charge < -0.3 is 9.80 Å². The van der Waals surface area contributed by atoms with Crippen LogP contribution < -0.4 is 25.5 Å². The Hall–Kier alpha value is -4.28. The number of benzene rings is 5. The van der Waals surface area contributed by atoms with Crippen LogP contribution in [0, 0.1) is 20.8 Å². The lowest BCUT2D eigenvalue weighted by Crippen LogP contribution is -2.61. The highest BCUT2D eigenvalue weighted by Crippen LogP contribution is 2.53. The van der Waals surface area contributed by atoms with Crippen LogP contribution >= 0.6 is 11.3 Å². The number of rotatable bonds is 2. The van der Waals surface area contributed by atoms with Gasteiger partial charge in [-0.05, 0) is 153 Å². The first-order chi connectivity index (χ1) is 27.4. The number of nitrogens with zero attached hydrogens (tertiary/aromatic N) is 2. The maximum absolute atomic E-state index is 2.70. The van der Waals surface area contributed by atoms with E-state index in [0.717, 1.165) is 0 Å². The van der Waals surface area contributed by atoms with Gasteiger partial charge in [0.1, 0.15) is 0 Å². The maximum atomic E-state index is 2.70. The lowest BCUT2D eigenvalue weighted by atomic mass is 9.35. The summed E-state index contributed by atoms with van der Waals surface area (Å²) < 4.78 is 2.83. The van der Waals surface area contributed by atoms with Crippen LogP contribution in [-0.4, -0.2) is 6.71 Å². The molecule has 5 aromatic carbocycles. The first kappa shape index (κ1) is 40.1. The van der Waals surface area contributed by atoms with Crippen molar-refractivity contribution in [2.24, 2.45) is 0 Å². The van der Waals surface area contributed by atoms with Gasteiger partial charge in [-0.2, -0.15) is 0 Å². The molecule has 9 rings (SSSR count). The van der Waals surface area contributed by atoms with Crippen molar-refractivity contribution in [3.8, 4) is 0 Å². The van der Waals surface area contributed by atoms with Gasteiger partial charge in [-0.15, -0.1) is 11.3 Å². The van der Waals surface area contributed by atoms with Gasteiger partial charge >= 0.3 is 0 Å². The molecule has 2 aliphatic heterocycles. The van der Waals surface area contributed by atoms with E-state index in [1.807, 2.05) is 11.3 Å². The number of thiophene rings is 1. The molecule has 0 N–H and O–H groups in total. The predicted octanol–water partition coefficient (Wildman–Crippen LogP) is 14.2. The minimum atomic E-state index is 0.0576. The predicted molar refractivity (Wildman–Crippen MR) is 261 cm³/mol. The van der Waals surface area contributed by atoms with Crippen molar-refractivity contribution >= 4 is 78.0 Å². The fraction of sp³-hybridized carbons (Fsp3) is 0.418. The smallest absolute Gasteiger partial charge is 0.264 e. The zero-order valence-corrected chi connectivity index (χ0v) is 39.6. The van der Waals surface area contributed by atoms with Gasteiger partial charge in [-0.3, -0.25) is 0 Å². The lowest BCUT2D eigenvalue weighted by molar-refractivity contribution is 0.332. The molecule has 304 valence electrons. The molecule has 0 amide bonds. The quantitative estimate of drug-likeness (QED) is 0.161. The second-order valence-corrected chi connectivity index (χ2v) is 23.9. The molecule has 0 unspecified atom stereocenters. The molecule has 1 aromatic heterocycles. The molecule has 59 heavy (non-hydrogen) atoms. The summed E-state index contributed by atoms with van der Waals surface area (Å²) >= 11 is 2.03. The molecule has 2 nitrogen and oxygen atoms in total. The van der Waals surface area contributed by atoms with Gasteiger partial charge in [-0.25, -0.2) is 0 Å². The first-order valence-corrected chi connectivity index (χ1v) is 22.9. The number of aryl methyl sites for hydroxylation is 3. The first-order valence-electron chi connectivity index (χ1n) is 22.1. The van der Waals surface area contributed by atoms with E-state index < -0.39 is 0 Å². The van der Waals surface area contributed by atoms with Crippen LogP contribution in [0.5, 0.6) is 0 Å². The van der Waals surface area contributed by atoms with Crippen LogP contribution in [-0.2, 0) is 27.1 Å². The van der Waals surface area contributed by atoms with Crippen molar-refractivity contribution in [3.63, 3.8) is 0 Å². The summed E-state index contributed by atoms with van der Waals surface area (Å²) in [5.41, 5.74) is 22.2. The number of hydrogen-bond donors (Lipinski definition) is 0. The van der Waals surface area contributed by atoms with Crippen molar-refractivity contribution in [3.05, 3.63) is 123 Å². The van der Waals surface area contributed by atoms with E-state index in [1.165, 1.54) is 117 Å². The minimum absolute atomic E-state index is 0.0576. The lowest BCUT2D eigenvalue weighted by Gasteiger charge is -2.47. The van der Waals surface area contributed by atoms with Crippen molar-refractivity contribution in [1.82, 2.24) is 0 Å². The molecule has 0 radical (unpaired) electrons. The third-order valence-corrected chi connectivity index (χ3v) is 15.4. The van der Waals surface area contributed by atoms with Crippen LogP contribution in [0.15, 0.2) is 78.9 Å². The molecule has 1 aliphatic carbocycles. The molecule has 3 heterocycles. The summed E-state index contributed by atoms with van der Waals surface area (Å²) in [5.74, 6) is 0. The van der Waals surface area contributed by atoms with E-state index in [0.29, 0.717) is 0 Å². The Morgan fingerprint density at radius 1 is 0.542 bits per heavy atom. The standard InChI is InChI=1S/C55H65BN2S/c1-32-25-44-47-45(26-32)58(48-33(2)27-37(28-34(48)3)53(10,11)12)43-31-41-40(54(13,14)23-24-55(41,15)16)30-42(43)56(47)50-49(39-22-19-36(52(7,8)9)29-46(39)59-50)57(44)38-20-17-35(18-21-38)51(4,5)6/h17-22,25-31H,23-24H2,1-16H3. The topological polar surface area (TPSA) is 6.48 Å². The van der Waals surface area contributed by atoms with Gasteiger partial charge in [0.15, 0.2) is 0 Å². The largest absolute Gasteiger partial charge is 0.311 e. The Morgan fingerprint density at radius 2 is 1.07 bits per heavy atom. The van der Waals surface area contributed by atoms with E-state index in [2.05, 4.69) is 199 Å². The van der Waals surface area contributed by atoms with E-state index >= 15 is 0 Å². The monoisotopic (exact) mass is 796 g/mol. The zero-order valence-electron chi connectivity index (χ0n) is 38.8. The number of anilines is 6. The van der Waals surface area contributed by atoms with Crippen molar-refractivity contribution in [2.75, 3.05) is 9.80 Å². The molecular formula is C55H65BN2S. The van der Waals surface area contributed by atoms with Gasteiger partial charge in [0.25, 0.3) is 6.71 Å². The van der Waals surface area contributed by atoms with E-state index in [9.17, 15) is 0 Å². The minimum Gasteiger partial charge on any atom is -0.311 e. The molecule has 0 atom stereocenters. The molecule has 6 aromatic rings. The highest BCUT2D eigenvalue weighted by Gasteiger charge is 2.48. The molecule has 4 heteroatoms. The zero-order chi connectivity index (χ0) is 42.5. The van der Waals surface area contributed by atoms with Crippen LogP contribution in [0.25, 0.3) is 10.1 Å². The molecule has 0 fully saturated rings. The molecule has 0 saturated heterocycles. The Bertz CT molecular complexity index is 2680. The molecule has 0 spiro atoms. The van der Waals surface area contributed by atoms with E-state index in [4.69, 9.17) is 0 Å². The summed E-state index contributed by atoms with van der Waals surface area (Å²) in [6, 6.07) is 32.0. The average molecular weight is 797 g/mol. The third kappa shape index (κ3) is 6.24. The summed E-state index contributed by atoms with van der Waals surface area (Å²) in [6.45, 7) is 38.0. The summed E-state index contributed by atoms with van der Waals surface area (Å²) in [4.78, 5) is 5.33. The molecule has 0 bridgehead atoms. The second kappa shape index (κ2) is 12.9. The number of fused-ring (bicyclic) bond motifs is 7. The van der Waals surface area contributed by atoms with Crippen LogP contribution in [0.2, 0.25) is 0 Å². The summed E-state index contributed by atoms with van der Waals surface area (Å²) in [6.07, 6.45) is 2.38. The van der Waals surface area contributed by atoms with Crippen molar-refractivity contribution in [2.45, 2.75) is 151 Å². The normalized spacial score (nSPS) is 16.8. The second-order valence-electron chi connectivity index (χ2n) is 22.8. The fourth-order valence-electron chi connectivity index (χ4n) is 10.5. The Balaban J connectivity index is 1.43. The Labute approximate surface area is 360 Å². The molecule has 0 saturated carbocycles. The SMILES string of the molecule is Cc1cc2c3c(c1)N(c1ccc(C(C)(C)C)cc1)c1c(sc4cc(C(C)(C)C)ccc14)B3c1cc3c(cc1N2c1c(C)cc(C(C)(C)C)cc1C)C(C)(C)CCC3(C)C. The van der Waals surface area contributed by atoms with Crippen molar-refractivity contribution < 1.29 is 0 Å². The van der Waals surface area contributed by atoms with Gasteiger partial charge in [0.05, 0.1) is 11.4 Å². The number of hydrogen-bond acceptors (Lipinski definition) is 3.